The minimum absolute atomic E-state index is 0.0812. The Kier molecular flexibility index (Phi) is 3.69. The number of hydrogen-bond acceptors (Lipinski definition) is 1. The van der Waals surface area contributed by atoms with Crippen molar-refractivity contribution in [3.8, 4) is 0 Å². The third-order valence-corrected chi connectivity index (χ3v) is 5.06. The first-order valence-corrected chi connectivity index (χ1v) is 6.85. The monoisotopic (exact) mass is 256 g/mol. The summed E-state index contributed by atoms with van der Waals surface area (Å²) < 4.78 is 65.4. The van der Waals surface area contributed by atoms with E-state index in [1.807, 2.05) is 0 Å². The Morgan fingerprint density at radius 2 is 1.62 bits per heavy atom. The fourth-order valence-corrected chi connectivity index (χ4v) is 3.03. The summed E-state index contributed by atoms with van der Waals surface area (Å²) in [6, 6.07) is 3.66. The fourth-order valence-electron chi connectivity index (χ4n) is 1.24. The molecule has 1 nitrogen and oxygen atoms in total. The van der Waals surface area contributed by atoms with Crippen LogP contribution in [0, 0.1) is 0 Å². The van der Waals surface area contributed by atoms with E-state index in [0.29, 0.717) is 0 Å². The van der Waals surface area contributed by atoms with Crippen molar-refractivity contribution in [1.29, 1.82) is 0 Å². The van der Waals surface area contributed by atoms with Crippen molar-refractivity contribution in [3.63, 3.8) is 0 Å². The topological polar surface area (TPSA) is 9.23 Å². The molecule has 0 spiro atoms. The molecule has 0 aliphatic heterocycles. The van der Waals surface area contributed by atoms with Crippen molar-refractivity contribution in [2.75, 3.05) is 0 Å². The number of hydrogen-bond donors (Lipinski definition) is 0. The lowest BCUT2D eigenvalue weighted by Crippen LogP contribution is -2.57. The molecule has 0 N–H and O–H groups in total. The molecule has 90 valence electrons. The normalized spacial score (nSPS) is 16.2. The van der Waals surface area contributed by atoms with Crippen LogP contribution >= 0.6 is 0 Å². The lowest BCUT2D eigenvalue weighted by Gasteiger charge is -2.27. The molecule has 7 heteroatoms. The Hall–Kier alpha value is -0.953. The standard InChI is InChI=1S/C9H9F5OSi/c1-16(8(10)11,15-9(12,13)14)7-5-3-2-4-6-7/h2-6,8H,1H3. The molecule has 0 aliphatic rings. The largest absolute Gasteiger partial charge is 0.513 e. The SMILES string of the molecule is C[Si](OC(F)(F)F)(c1ccccc1)C(F)F. The van der Waals surface area contributed by atoms with Crippen molar-refractivity contribution >= 4 is 13.5 Å². The van der Waals surface area contributed by atoms with Gasteiger partial charge in [-0.1, -0.05) is 30.3 Å². The molecule has 0 aliphatic carbocycles. The lowest BCUT2D eigenvalue weighted by atomic mass is 10.4. The second-order valence-electron chi connectivity index (χ2n) is 3.32. The molecule has 1 atom stereocenters. The average molecular weight is 256 g/mol. The molecule has 0 heterocycles. The van der Waals surface area contributed by atoms with Crippen molar-refractivity contribution in [1.82, 2.24) is 0 Å². The van der Waals surface area contributed by atoms with Gasteiger partial charge in [-0.25, -0.2) is 8.78 Å². The van der Waals surface area contributed by atoms with Crippen LogP contribution < -0.4 is 5.19 Å². The number of rotatable bonds is 3. The van der Waals surface area contributed by atoms with E-state index in [1.165, 1.54) is 30.3 Å². The van der Waals surface area contributed by atoms with E-state index in [9.17, 15) is 22.0 Å². The lowest BCUT2D eigenvalue weighted by molar-refractivity contribution is -0.282. The number of alkyl halides is 5. The molecule has 0 bridgehead atoms. The zero-order chi connectivity index (χ0) is 12.4. The molecule has 0 fully saturated rings. The summed E-state index contributed by atoms with van der Waals surface area (Å²) in [6.07, 6.45) is -5.05. The summed E-state index contributed by atoms with van der Waals surface area (Å²) in [4.78, 5) is 0. The van der Waals surface area contributed by atoms with Gasteiger partial charge in [-0.3, -0.25) is 0 Å². The third kappa shape index (κ3) is 3.02. The first-order valence-electron chi connectivity index (χ1n) is 4.36. The fraction of sp³-hybridized carbons (Fsp3) is 0.333. The van der Waals surface area contributed by atoms with Gasteiger partial charge >= 0.3 is 14.7 Å². The smallest absolute Gasteiger partial charge is 0.324 e. The summed E-state index contributed by atoms with van der Waals surface area (Å²) in [6.45, 7) is 0.848. The van der Waals surface area contributed by atoms with Crippen LogP contribution in [0.4, 0.5) is 22.0 Å². The minimum Gasteiger partial charge on any atom is -0.324 e. The molecule has 16 heavy (non-hydrogen) atoms. The number of halogens is 5. The Morgan fingerprint density at radius 3 is 2.00 bits per heavy atom. The first-order chi connectivity index (χ1) is 7.26. The molecular formula is C9H9F5OSi. The van der Waals surface area contributed by atoms with Crippen LogP contribution in [0.15, 0.2) is 30.3 Å². The highest BCUT2D eigenvalue weighted by molar-refractivity contribution is 6.86. The zero-order valence-electron chi connectivity index (χ0n) is 8.26. The van der Waals surface area contributed by atoms with Crippen LogP contribution in [-0.4, -0.2) is 20.7 Å². The van der Waals surface area contributed by atoms with Gasteiger partial charge in [0.05, 0.1) is 0 Å². The molecule has 1 aromatic rings. The second kappa shape index (κ2) is 4.50. The summed E-state index contributed by atoms with van der Waals surface area (Å²) in [5.41, 5.74) is 0. The summed E-state index contributed by atoms with van der Waals surface area (Å²) >= 11 is 0. The van der Waals surface area contributed by atoms with Crippen LogP contribution in [0.25, 0.3) is 0 Å². The molecule has 1 unspecified atom stereocenters. The Morgan fingerprint density at radius 1 is 1.12 bits per heavy atom. The van der Waals surface area contributed by atoms with E-state index in [4.69, 9.17) is 0 Å². The van der Waals surface area contributed by atoms with Gasteiger partial charge < -0.3 is 4.43 Å². The highest BCUT2D eigenvalue weighted by Gasteiger charge is 2.50. The molecule has 0 amide bonds. The molecule has 0 radical (unpaired) electrons. The van der Waals surface area contributed by atoms with Gasteiger partial charge in [-0.15, -0.1) is 13.2 Å². The highest BCUT2D eigenvalue weighted by atomic mass is 28.4. The van der Waals surface area contributed by atoms with E-state index < -0.39 is 20.7 Å². The van der Waals surface area contributed by atoms with Crippen molar-refractivity contribution in [2.45, 2.75) is 19.0 Å². The van der Waals surface area contributed by atoms with Crippen molar-refractivity contribution in [2.24, 2.45) is 0 Å². The maximum absolute atomic E-state index is 12.7. The van der Waals surface area contributed by atoms with Crippen LogP contribution in [0.3, 0.4) is 0 Å². The summed E-state index contributed by atoms with van der Waals surface area (Å²) in [5.74, 6) is 0. The van der Waals surface area contributed by atoms with Gasteiger partial charge in [0.2, 0.25) is 0 Å². The Bertz CT molecular complexity index is 340. The van der Waals surface area contributed by atoms with Crippen molar-refractivity contribution < 1.29 is 26.4 Å². The van der Waals surface area contributed by atoms with Crippen LogP contribution in [0.5, 0.6) is 0 Å². The molecule has 0 saturated heterocycles. The maximum atomic E-state index is 12.7. The van der Waals surface area contributed by atoms with Gasteiger partial charge in [-0.05, 0) is 11.7 Å². The highest BCUT2D eigenvalue weighted by Crippen LogP contribution is 2.26. The average Bonchev–Trinajstić information content (AvgIpc) is 2.16. The maximum Gasteiger partial charge on any atom is 0.513 e. The van der Waals surface area contributed by atoms with Gasteiger partial charge in [0.15, 0.2) is 0 Å². The van der Waals surface area contributed by atoms with E-state index in [2.05, 4.69) is 4.43 Å². The summed E-state index contributed by atoms with van der Waals surface area (Å²) in [7, 11) is -4.30. The summed E-state index contributed by atoms with van der Waals surface area (Å²) in [5, 5.41) is -0.0812. The van der Waals surface area contributed by atoms with Crippen LogP contribution in [0.2, 0.25) is 6.55 Å². The van der Waals surface area contributed by atoms with Gasteiger partial charge in [0.25, 0.3) is 6.05 Å². The Labute approximate surface area is 90.0 Å². The molecule has 1 aromatic carbocycles. The minimum atomic E-state index is -5.05. The Balaban J connectivity index is 3.08. The van der Waals surface area contributed by atoms with E-state index in [-0.39, 0.29) is 5.19 Å². The van der Waals surface area contributed by atoms with Crippen LogP contribution in [0.1, 0.15) is 0 Å². The third-order valence-electron chi connectivity index (χ3n) is 2.09. The molecular weight excluding hydrogens is 247 g/mol. The second-order valence-corrected chi connectivity index (χ2v) is 6.75. The quantitative estimate of drug-likeness (QED) is 0.597. The van der Waals surface area contributed by atoms with Gasteiger partial charge in [0.1, 0.15) is 0 Å². The van der Waals surface area contributed by atoms with Gasteiger partial charge in [0, 0.05) is 0 Å². The predicted molar refractivity (Wildman–Crippen MR) is 50.8 cm³/mol. The predicted octanol–water partition coefficient (Wildman–Crippen LogP) is 2.81. The van der Waals surface area contributed by atoms with E-state index >= 15 is 0 Å². The molecule has 1 rings (SSSR count). The van der Waals surface area contributed by atoms with E-state index in [1.54, 1.807) is 0 Å². The molecule has 0 aromatic heterocycles. The zero-order valence-corrected chi connectivity index (χ0v) is 9.26. The van der Waals surface area contributed by atoms with Gasteiger partial charge in [-0.2, -0.15) is 0 Å². The number of benzene rings is 1. The first kappa shape index (κ1) is 13.1. The van der Waals surface area contributed by atoms with E-state index in [0.717, 1.165) is 6.55 Å². The van der Waals surface area contributed by atoms with Crippen molar-refractivity contribution in [3.05, 3.63) is 30.3 Å². The van der Waals surface area contributed by atoms with Crippen LogP contribution in [-0.2, 0) is 4.43 Å². The molecule has 0 saturated carbocycles.